The Labute approximate surface area is 123 Å². The summed E-state index contributed by atoms with van der Waals surface area (Å²) >= 11 is 0. The van der Waals surface area contributed by atoms with Gasteiger partial charge in [-0.2, -0.15) is 0 Å². The Balaban J connectivity index is 0.000000233. The van der Waals surface area contributed by atoms with Gasteiger partial charge in [0, 0.05) is 6.26 Å². The topological polar surface area (TPSA) is 57.2 Å². The monoisotopic (exact) mass is 297 g/mol. The van der Waals surface area contributed by atoms with Crippen LogP contribution in [0.3, 0.4) is 0 Å². The molecule has 106 valence electrons. The summed E-state index contributed by atoms with van der Waals surface area (Å²) in [6, 6.07) is 21.8. The molecule has 3 nitrogen and oxygen atoms in total. The van der Waals surface area contributed by atoms with Crippen LogP contribution in [0.5, 0.6) is 0 Å². The second-order valence-electron chi connectivity index (χ2n) is 4.96. The second-order valence-corrected chi connectivity index (χ2v) is 6.37. The van der Waals surface area contributed by atoms with E-state index in [4.69, 9.17) is 13.0 Å². The molecular formula is C17H13O3S-. The van der Waals surface area contributed by atoms with Crippen LogP contribution in [0.25, 0.3) is 33.0 Å². The molecule has 0 saturated heterocycles. The van der Waals surface area contributed by atoms with Crippen molar-refractivity contribution < 1.29 is 13.0 Å². The third-order valence-corrected chi connectivity index (χ3v) is 3.41. The van der Waals surface area contributed by atoms with Crippen molar-refractivity contribution in [3.8, 4) is 22.3 Å². The number of benzene rings is 3. The number of rotatable bonds is 0. The van der Waals surface area contributed by atoms with Gasteiger partial charge in [-0.3, -0.25) is 0 Å². The minimum Gasteiger partial charge on any atom is -0.748 e. The van der Waals surface area contributed by atoms with Crippen molar-refractivity contribution in [2.24, 2.45) is 0 Å². The van der Waals surface area contributed by atoms with E-state index < -0.39 is 10.1 Å². The second kappa shape index (κ2) is 4.98. The summed E-state index contributed by atoms with van der Waals surface area (Å²) in [5.74, 6) is 0. The molecule has 0 unspecified atom stereocenters. The predicted octanol–water partition coefficient (Wildman–Crippen LogP) is 3.65. The van der Waals surface area contributed by atoms with Gasteiger partial charge in [0.1, 0.15) is 0 Å². The summed E-state index contributed by atoms with van der Waals surface area (Å²) in [6.45, 7) is 0. The van der Waals surface area contributed by atoms with Gasteiger partial charge in [-0.15, -0.1) is 0 Å². The fraction of sp³-hybridized carbons (Fsp3) is 0.0588. The van der Waals surface area contributed by atoms with Gasteiger partial charge in [0.15, 0.2) is 0 Å². The van der Waals surface area contributed by atoms with Crippen molar-refractivity contribution >= 4 is 20.9 Å². The van der Waals surface area contributed by atoms with Crippen LogP contribution >= 0.6 is 0 Å². The predicted molar refractivity (Wildman–Crippen MR) is 84.0 cm³/mol. The first kappa shape index (κ1) is 13.8. The fourth-order valence-corrected chi connectivity index (χ4v) is 2.74. The number of hydrogen-bond donors (Lipinski definition) is 0. The lowest BCUT2D eigenvalue weighted by Gasteiger charge is -2.00. The molecule has 4 rings (SSSR count). The molecule has 0 bridgehead atoms. The van der Waals surface area contributed by atoms with Crippen molar-refractivity contribution in [1.29, 1.82) is 0 Å². The molecule has 0 aliphatic heterocycles. The van der Waals surface area contributed by atoms with E-state index in [9.17, 15) is 0 Å². The Bertz CT molecular complexity index is 862. The van der Waals surface area contributed by atoms with Gasteiger partial charge in [0.25, 0.3) is 0 Å². The number of hydrogen-bond acceptors (Lipinski definition) is 3. The molecule has 0 radical (unpaired) electrons. The van der Waals surface area contributed by atoms with Crippen LogP contribution in [0.1, 0.15) is 0 Å². The molecular weight excluding hydrogens is 284 g/mol. The van der Waals surface area contributed by atoms with Gasteiger partial charge >= 0.3 is 0 Å². The zero-order chi connectivity index (χ0) is 15.0. The highest BCUT2D eigenvalue weighted by molar-refractivity contribution is 7.84. The third-order valence-electron chi connectivity index (χ3n) is 3.41. The van der Waals surface area contributed by atoms with Crippen molar-refractivity contribution in [1.82, 2.24) is 0 Å². The van der Waals surface area contributed by atoms with E-state index in [1.165, 1.54) is 33.0 Å². The van der Waals surface area contributed by atoms with Crippen LogP contribution in [0.15, 0.2) is 60.7 Å². The first-order valence-electron chi connectivity index (χ1n) is 6.47. The molecule has 4 heteroatoms. The van der Waals surface area contributed by atoms with E-state index in [1.807, 2.05) is 0 Å². The maximum absolute atomic E-state index is 9.08. The van der Waals surface area contributed by atoms with Crippen molar-refractivity contribution in [2.75, 3.05) is 6.26 Å². The zero-order valence-corrected chi connectivity index (χ0v) is 12.2. The Morgan fingerprint density at radius 1 is 0.714 bits per heavy atom. The lowest BCUT2D eigenvalue weighted by molar-refractivity contribution is 0.470. The third kappa shape index (κ3) is 2.68. The van der Waals surface area contributed by atoms with Crippen LogP contribution < -0.4 is 0 Å². The highest BCUT2D eigenvalue weighted by atomic mass is 32.2. The molecule has 21 heavy (non-hydrogen) atoms. The largest absolute Gasteiger partial charge is 0.748 e. The van der Waals surface area contributed by atoms with Crippen molar-refractivity contribution in [2.45, 2.75) is 0 Å². The van der Waals surface area contributed by atoms with Crippen LogP contribution in [0.4, 0.5) is 0 Å². The van der Waals surface area contributed by atoms with Crippen molar-refractivity contribution in [3.63, 3.8) is 0 Å². The average Bonchev–Trinajstić information content (AvgIpc) is 2.75. The van der Waals surface area contributed by atoms with Gasteiger partial charge in [0.05, 0.1) is 10.1 Å². The fourth-order valence-electron chi connectivity index (χ4n) is 2.74. The van der Waals surface area contributed by atoms with E-state index >= 15 is 0 Å². The lowest BCUT2D eigenvalue weighted by atomic mass is 10.0. The molecule has 1 aliphatic rings. The smallest absolute Gasteiger partial charge is 0.0916 e. The van der Waals surface area contributed by atoms with Crippen molar-refractivity contribution in [3.05, 3.63) is 60.7 Å². The minimum absolute atomic E-state index is 0.604. The molecule has 0 aromatic heterocycles. The van der Waals surface area contributed by atoms with E-state index in [2.05, 4.69) is 60.7 Å². The molecule has 0 fully saturated rings. The first-order valence-corrected chi connectivity index (χ1v) is 8.29. The molecule has 0 heterocycles. The quantitative estimate of drug-likeness (QED) is 0.465. The molecule has 0 atom stereocenters. The molecule has 0 spiro atoms. The Hall–Kier alpha value is -2.17. The Kier molecular flexibility index (Phi) is 3.27. The van der Waals surface area contributed by atoms with Crippen LogP contribution in [-0.4, -0.2) is 19.2 Å². The summed E-state index contributed by atoms with van der Waals surface area (Å²) in [5, 5.41) is 2.75. The van der Waals surface area contributed by atoms with Gasteiger partial charge in [0.2, 0.25) is 0 Å². The minimum atomic E-state index is -3.92. The van der Waals surface area contributed by atoms with Crippen LogP contribution in [-0.2, 0) is 10.1 Å². The summed E-state index contributed by atoms with van der Waals surface area (Å²) in [5.41, 5.74) is 5.50. The average molecular weight is 297 g/mol. The zero-order valence-electron chi connectivity index (χ0n) is 11.4. The van der Waals surface area contributed by atoms with E-state index in [1.54, 1.807) is 0 Å². The van der Waals surface area contributed by atoms with Crippen LogP contribution in [0, 0.1) is 0 Å². The number of fused-ring (bicyclic) bond motifs is 3. The summed E-state index contributed by atoms with van der Waals surface area (Å²) in [7, 11) is -3.92. The van der Waals surface area contributed by atoms with E-state index in [0.29, 0.717) is 6.26 Å². The summed E-state index contributed by atoms with van der Waals surface area (Å²) < 4.78 is 27.2. The Morgan fingerprint density at radius 3 is 1.52 bits per heavy atom. The first-order chi connectivity index (χ1) is 9.95. The molecule has 0 saturated carbocycles. The molecule has 0 N–H and O–H groups in total. The van der Waals surface area contributed by atoms with E-state index in [-0.39, 0.29) is 0 Å². The van der Waals surface area contributed by atoms with Gasteiger partial charge < -0.3 is 4.55 Å². The van der Waals surface area contributed by atoms with Crippen LogP contribution in [0.2, 0.25) is 0 Å². The normalized spacial score (nSPS) is 11.7. The molecule has 3 aromatic rings. The molecule has 1 aliphatic carbocycles. The van der Waals surface area contributed by atoms with Gasteiger partial charge in [-0.05, 0) is 33.0 Å². The van der Waals surface area contributed by atoms with Gasteiger partial charge in [-0.25, -0.2) is 8.42 Å². The van der Waals surface area contributed by atoms with Gasteiger partial charge in [-0.1, -0.05) is 60.7 Å². The Morgan fingerprint density at radius 2 is 1.10 bits per heavy atom. The summed E-state index contributed by atoms with van der Waals surface area (Å²) in [4.78, 5) is 0. The highest BCUT2D eigenvalue weighted by Gasteiger charge is 2.19. The highest BCUT2D eigenvalue weighted by Crippen LogP contribution is 2.46. The maximum atomic E-state index is 9.08. The van der Waals surface area contributed by atoms with E-state index in [0.717, 1.165) is 0 Å². The SMILES string of the molecule is CS(=O)(=O)[O-].c1ccc2c(c1)-c1cccc3cccc-2c13. The maximum Gasteiger partial charge on any atom is 0.0916 e. The lowest BCUT2D eigenvalue weighted by Crippen LogP contribution is -1.88. The molecule has 3 aromatic carbocycles. The summed E-state index contributed by atoms with van der Waals surface area (Å²) in [6.07, 6.45) is 0.604. The standard InChI is InChI=1S/C16H10.CH4O3S/c1-2-8-13-12(7-1)14-9-3-5-11-6-4-10-15(13)16(11)14;1-5(2,3)4/h1-10H;1H3,(H,2,3,4)/p-1. The molecule has 0 amide bonds.